The summed E-state index contributed by atoms with van der Waals surface area (Å²) in [6.45, 7) is 4.29. The first-order chi connectivity index (χ1) is 9.20. The lowest BCUT2D eigenvalue weighted by Gasteiger charge is -2.22. The maximum absolute atomic E-state index is 12.2. The van der Waals surface area contributed by atoms with Crippen LogP contribution in [0, 0.1) is 12.8 Å². The maximum Gasteiger partial charge on any atom is 0.253 e. The third kappa shape index (κ3) is 3.70. The maximum atomic E-state index is 12.2. The van der Waals surface area contributed by atoms with E-state index in [4.69, 9.17) is 4.74 Å². The van der Waals surface area contributed by atoms with E-state index in [1.807, 2.05) is 32.2 Å². The van der Waals surface area contributed by atoms with Crippen LogP contribution in [0.2, 0.25) is 0 Å². The largest absolute Gasteiger partial charge is 0.387 e. The number of carbonyl (C=O) groups excluding carboxylic acids is 1. The van der Waals surface area contributed by atoms with Gasteiger partial charge in [-0.3, -0.25) is 4.79 Å². The Bertz CT molecular complexity index is 440. The van der Waals surface area contributed by atoms with Crippen LogP contribution in [-0.4, -0.2) is 32.7 Å². The highest BCUT2D eigenvalue weighted by Gasteiger charge is 2.16. The predicted molar refractivity (Wildman–Crippen MR) is 76.6 cm³/mol. The molecule has 1 atom stereocenters. The summed E-state index contributed by atoms with van der Waals surface area (Å²) < 4.78 is 5.42. The summed E-state index contributed by atoms with van der Waals surface area (Å²) in [5, 5.41) is 6.07. The fraction of sp³-hybridized carbons (Fsp3) is 0.533. The van der Waals surface area contributed by atoms with E-state index in [1.165, 1.54) is 0 Å². The number of benzene rings is 1. The molecule has 1 heterocycles. The number of carbonyl (C=O) groups is 1. The van der Waals surface area contributed by atoms with Crippen LogP contribution < -0.4 is 10.6 Å². The molecule has 19 heavy (non-hydrogen) atoms. The lowest BCUT2D eigenvalue weighted by Crippen LogP contribution is -2.33. The smallest absolute Gasteiger partial charge is 0.253 e. The molecule has 1 fully saturated rings. The topological polar surface area (TPSA) is 50.4 Å². The Morgan fingerprint density at radius 3 is 3.00 bits per heavy atom. The van der Waals surface area contributed by atoms with Crippen molar-refractivity contribution in [1.82, 2.24) is 5.32 Å². The van der Waals surface area contributed by atoms with Gasteiger partial charge >= 0.3 is 0 Å². The zero-order chi connectivity index (χ0) is 13.7. The minimum atomic E-state index is -0.0152. The molecule has 0 saturated carbocycles. The normalized spacial score (nSPS) is 18.9. The second kappa shape index (κ2) is 6.57. The van der Waals surface area contributed by atoms with Gasteiger partial charge in [0.25, 0.3) is 5.91 Å². The van der Waals surface area contributed by atoms with E-state index in [1.54, 1.807) is 0 Å². The van der Waals surface area contributed by atoms with Gasteiger partial charge in [0.15, 0.2) is 0 Å². The van der Waals surface area contributed by atoms with E-state index in [-0.39, 0.29) is 5.91 Å². The molecule has 1 aromatic carbocycles. The fourth-order valence-corrected chi connectivity index (χ4v) is 2.36. The van der Waals surface area contributed by atoms with Gasteiger partial charge in [0.1, 0.15) is 0 Å². The molecule has 1 saturated heterocycles. The van der Waals surface area contributed by atoms with Crippen molar-refractivity contribution in [3.63, 3.8) is 0 Å². The van der Waals surface area contributed by atoms with Crippen molar-refractivity contribution in [3.05, 3.63) is 29.3 Å². The molecule has 1 unspecified atom stereocenters. The standard InChI is InChI=1S/C15H22N2O2/c1-11-5-6-14(16-2)13(8-11)15(18)17-9-12-4-3-7-19-10-12/h5-6,8,12,16H,3-4,7,9-10H2,1-2H3,(H,17,18). The third-order valence-electron chi connectivity index (χ3n) is 3.49. The molecule has 2 N–H and O–H groups in total. The van der Waals surface area contributed by atoms with Crippen LogP contribution in [0.4, 0.5) is 5.69 Å². The Hall–Kier alpha value is -1.55. The Balaban J connectivity index is 1.97. The van der Waals surface area contributed by atoms with Crippen LogP contribution in [-0.2, 0) is 4.74 Å². The summed E-state index contributed by atoms with van der Waals surface area (Å²) in [7, 11) is 1.83. The quantitative estimate of drug-likeness (QED) is 0.874. The second-order valence-corrected chi connectivity index (χ2v) is 5.09. The van der Waals surface area contributed by atoms with Crippen LogP contribution >= 0.6 is 0 Å². The third-order valence-corrected chi connectivity index (χ3v) is 3.49. The summed E-state index contributed by atoms with van der Waals surface area (Å²) in [5.74, 6) is 0.430. The van der Waals surface area contributed by atoms with Crippen molar-refractivity contribution >= 4 is 11.6 Å². The van der Waals surface area contributed by atoms with E-state index in [9.17, 15) is 4.79 Å². The number of amides is 1. The van der Waals surface area contributed by atoms with Crippen LogP contribution in [0.1, 0.15) is 28.8 Å². The van der Waals surface area contributed by atoms with Crippen molar-refractivity contribution in [1.29, 1.82) is 0 Å². The first-order valence-corrected chi connectivity index (χ1v) is 6.85. The molecule has 1 aromatic rings. The number of nitrogens with one attached hydrogen (secondary N) is 2. The average molecular weight is 262 g/mol. The SMILES string of the molecule is CNc1ccc(C)cc1C(=O)NCC1CCCOC1. The monoisotopic (exact) mass is 262 g/mol. The minimum absolute atomic E-state index is 0.0152. The lowest BCUT2D eigenvalue weighted by atomic mass is 10.0. The molecule has 1 amide bonds. The lowest BCUT2D eigenvalue weighted by molar-refractivity contribution is 0.0536. The molecule has 0 bridgehead atoms. The van der Waals surface area contributed by atoms with Crippen molar-refractivity contribution in [3.8, 4) is 0 Å². The summed E-state index contributed by atoms with van der Waals surface area (Å²) in [5.41, 5.74) is 2.66. The van der Waals surface area contributed by atoms with E-state index in [0.29, 0.717) is 18.0 Å². The number of aryl methyl sites for hydroxylation is 1. The molecule has 2 rings (SSSR count). The number of hydrogen-bond acceptors (Lipinski definition) is 3. The highest BCUT2D eigenvalue weighted by molar-refractivity contribution is 5.99. The van der Waals surface area contributed by atoms with E-state index >= 15 is 0 Å². The van der Waals surface area contributed by atoms with Crippen molar-refractivity contribution in [2.45, 2.75) is 19.8 Å². The Morgan fingerprint density at radius 1 is 1.47 bits per heavy atom. The van der Waals surface area contributed by atoms with E-state index in [2.05, 4.69) is 10.6 Å². The Morgan fingerprint density at radius 2 is 2.32 bits per heavy atom. The molecule has 0 aliphatic carbocycles. The van der Waals surface area contributed by atoms with E-state index < -0.39 is 0 Å². The summed E-state index contributed by atoms with van der Waals surface area (Å²) in [6, 6.07) is 5.85. The molecule has 0 spiro atoms. The molecule has 1 aliphatic heterocycles. The van der Waals surface area contributed by atoms with Crippen molar-refractivity contribution in [2.24, 2.45) is 5.92 Å². The van der Waals surface area contributed by atoms with Gasteiger partial charge < -0.3 is 15.4 Å². The molecule has 4 nitrogen and oxygen atoms in total. The molecular formula is C15H22N2O2. The molecule has 0 aromatic heterocycles. The summed E-state index contributed by atoms with van der Waals surface area (Å²) in [6.07, 6.45) is 2.22. The zero-order valence-corrected chi connectivity index (χ0v) is 11.7. The first-order valence-electron chi connectivity index (χ1n) is 6.85. The number of anilines is 1. The van der Waals surface area contributed by atoms with Crippen LogP contribution in [0.5, 0.6) is 0 Å². The minimum Gasteiger partial charge on any atom is -0.387 e. The number of rotatable bonds is 4. The molecule has 4 heteroatoms. The van der Waals surface area contributed by atoms with Gasteiger partial charge in [-0.15, -0.1) is 0 Å². The second-order valence-electron chi connectivity index (χ2n) is 5.09. The molecule has 1 aliphatic rings. The van der Waals surface area contributed by atoms with Gasteiger partial charge in [-0.1, -0.05) is 11.6 Å². The summed E-state index contributed by atoms with van der Waals surface area (Å²) in [4.78, 5) is 12.2. The highest BCUT2D eigenvalue weighted by Crippen LogP contribution is 2.17. The van der Waals surface area contributed by atoms with Gasteiger partial charge in [0.05, 0.1) is 12.2 Å². The van der Waals surface area contributed by atoms with Gasteiger partial charge in [-0.2, -0.15) is 0 Å². The van der Waals surface area contributed by atoms with Gasteiger partial charge in [-0.25, -0.2) is 0 Å². The molecular weight excluding hydrogens is 240 g/mol. The molecule has 0 radical (unpaired) electrons. The first kappa shape index (κ1) is 13.9. The number of ether oxygens (including phenoxy) is 1. The Labute approximate surface area is 114 Å². The van der Waals surface area contributed by atoms with Crippen LogP contribution in [0.15, 0.2) is 18.2 Å². The highest BCUT2D eigenvalue weighted by atomic mass is 16.5. The fourth-order valence-electron chi connectivity index (χ4n) is 2.36. The van der Waals surface area contributed by atoms with Crippen LogP contribution in [0.3, 0.4) is 0 Å². The van der Waals surface area contributed by atoms with Gasteiger partial charge in [0, 0.05) is 25.9 Å². The van der Waals surface area contributed by atoms with Crippen molar-refractivity contribution in [2.75, 3.05) is 32.1 Å². The van der Waals surface area contributed by atoms with Crippen molar-refractivity contribution < 1.29 is 9.53 Å². The van der Waals surface area contributed by atoms with Gasteiger partial charge in [-0.05, 0) is 37.8 Å². The molecule has 104 valence electrons. The predicted octanol–water partition coefficient (Wildman–Crippen LogP) is 2.19. The summed E-state index contributed by atoms with van der Waals surface area (Å²) >= 11 is 0. The zero-order valence-electron chi connectivity index (χ0n) is 11.7. The van der Waals surface area contributed by atoms with Gasteiger partial charge in [0.2, 0.25) is 0 Å². The Kier molecular flexibility index (Phi) is 4.80. The van der Waals surface area contributed by atoms with Crippen LogP contribution in [0.25, 0.3) is 0 Å². The average Bonchev–Trinajstić information content (AvgIpc) is 2.46. The van der Waals surface area contributed by atoms with E-state index in [0.717, 1.165) is 37.3 Å². The number of hydrogen-bond donors (Lipinski definition) is 2.